The summed E-state index contributed by atoms with van der Waals surface area (Å²) in [6.45, 7) is 4.68. The van der Waals surface area contributed by atoms with Gasteiger partial charge in [-0.3, -0.25) is 4.79 Å². The SMILES string of the molecule is CCCCCCCC(C)OC=O. The Hall–Kier alpha value is -0.530. The highest BCUT2D eigenvalue weighted by atomic mass is 16.5. The number of carbonyl (C=O) groups is 1. The zero-order valence-corrected chi connectivity index (χ0v) is 8.21. The van der Waals surface area contributed by atoms with E-state index in [0.717, 1.165) is 6.42 Å². The van der Waals surface area contributed by atoms with E-state index < -0.39 is 0 Å². The van der Waals surface area contributed by atoms with Gasteiger partial charge < -0.3 is 4.74 Å². The molecule has 0 aromatic heterocycles. The second-order valence-electron chi connectivity index (χ2n) is 3.25. The smallest absolute Gasteiger partial charge is 0.293 e. The van der Waals surface area contributed by atoms with Crippen LogP contribution in [-0.4, -0.2) is 12.6 Å². The van der Waals surface area contributed by atoms with Gasteiger partial charge in [-0.25, -0.2) is 0 Å². The molecule has 72 valence electrons. The molecule has 0 aromatic carbocycles. The van der Waals surface area contributed by atoms with Gasteiger partial charge in [-0.1, -0.05) is 32.6 Å². The zero-order valence-electron chi connectivity index (χ0n) is 8.21. The number of carbonyl (C=O) groups excluding carboxylic acids is 1. The first-order valence-corrected chi connectivity index (χ1v) is 4.90. The Balaban J connectivity index is 3.02. The average molecular weight is 172 g/mol. The van der Waals surface area contributed by atoms with Crippen molar-refractivity contribution < 1.29 is 9.53 Å². The van der Waals surface area contributed by atoms with Crippen molar-refractivity contribution in [1.29, 1.82) is 0 Å². The molecule has 0 radical (unpaired) electrons. The molecule has 0 aromatic rings. The maximum atomic E-state index is 9.93. The third-order valence-electron chi connectivity index (χ3n) is 2.00. The third-order valence-corrected chi connectivity index (χ3v) is 2.00. The summed E-state index contributed by atoms with van der Waals surface area (Å²) in [5.41, 5.74) is 0. The largest absolute Gasteiger partial charge is 0.465 e. The van der Waals surface area contributed by atoms with Crippen molar-refractivity contribution in [3.8, 4) is 0 Å². The van der Waals surface area contributed by atoms with Crippen LogP contribution in [0.2, 0.25) is 0 Å². The molecule has 0 rings (SSSR count). The van der Waals surface area contributed by atoms with Gasteiger partial charge in [0.25, 0.3) is 6.47 Å². The molecule has 0 N–H and O–H groups in total. The van der Waals surface area contributed by atoms with Crippen molar-refractivity contribution >= 4 is 6.47 Å². The first kappa shape index (κ1) is 11.5. The Labute approximate surface area is 75.3 Å². The summed E-state index contributed by atoms with van der Waals surface area (Å²) in [6.07, 6.45) is 7.45. The number of unbranched alkanes of at least 4 members (excludes halogenated alkanes) is 4. The van der Waals surface area contributed by atoms with E-state index in [1.165, 1.54) is 32.1 Å². The summed E-state index contributed by atoms with van der Waals surface area (Å²) >= 11 is 0. The standard InChI is InChI=1S/C10H20O2/c1-3-4-5-6-7-8-10(2)12-9-11/h9-10H,3-8H2,1-2H3. The van der Waals surface area contributed by atoms with Gasteiger partial charge in [-0.2, -0.15) is 0 Å². The summed E-state index contributed by atoms with van der Waals surface area (Å²) in [4.78, 5) is 9.93. The van der Waals surface area contributed by atoms with Crippen LogP contribution >= 0.6 is 0 Å². The minimum absolute atomic E-state index is 0.101. The second-order valence-corrected chi connectivity index (χ2v) is 3.25. The molecule has 2 nitrogen and oxygen atoms in total. The molecule has 0 aliphatic heterocycles. The summed E-state index contributed by atoms with van der Waals surface area (Å²) in [6, 6.07) is 0. The molecular formula is C10H20O2. The zero-order chi connectivity index (χ0) is 9.23. The van der Waals surface area contributed by atoms with E-state index in [1.807, 2.05) is 6.92 Å². The molecule has 1 atom stereocenters. The third kappa shape index (κ3) is 7.58. The highest BCUT2D eigenvalue weighted by molar-refractivity contribution is 5.37. The van der Waals surface area contributed by atoms with Crippen molar-refractivity contribution in [2.45, 2.75) is 58.5 Å². The van der Waals surface area contributed by atoms with Crippen LogP contribution in [0.5, 0.6) is 0 Å². The lowest BCUT2D eigenvalue weighted by atomic mass is 10.1. The molecule has 0 spiro atoms. The maximum Gasteiger partial charge on any atom is 0.293 e. The van der Waals surface area contributed by atoms with Crippen molar-refractivity contribution in [1.82, 2.24) is 0 Å². The lowest BCUT2D eigenvalue weighted by Gasteiger charge is -2.07. The summed E-state index contributed by atoms with van der Waals surface area (Å²) < 4.78 is 4.77. The molecule has 0 heterocycles. The minimum Gasteiger partial charge on any atom is -0.465 e. The Morgan fingerprint density at radius 2 is 1.92 bits per heavy atom. The molecule has 0 saturated carbocycles. The number of rotatable bonds is 8. The van der Waals surface area contributed by atoms with E-state index in [1.54, 1.807) is 0 Å². The Bertz CT molecular complexity index is 102. The van der Waals surface area contributed by atoms with Gasteiger partial charge >= 0.3 is 0 Å². The van der Waals surface area contributed by atoms with E-state index in [4.69, 9.17) is 4.74 Å². The van der Waals surface area contributed by atoms with Gasteiger partial charge in [-0.15, -0.1) is 0 Å². The van der Waals surface area contributed by atoms with Crippen LogP contribution in [0.15, 0.2) is 0 Å². The predicted molar refractivity (Wildman–Crippen MR) is 50.0 cm³/mol. The Morgan fingerprint density at radius 3 is 2.50 bits per heavy atom. The maximum absolute atomic E-state index is 9.93. The second kappa shape index (κ2) is 8.57. The van der Waals surface area contributed by atoms with Crippen molar-refractivity contribution in [2.24, 2.45) is 0 Å². The van der Waals surface area contributed by atoms with Crippen LogP contribution in [0, 0.1) is 0 Å². The van der Waals surface area contributed by atoms with E-state index in [0.29, 0.717) is 6.47 Å². The lowest BCUT2D eigenvalue weighted by Crippen LogP contribution is -2.05. The van der Waals surface area contributed by atoms with Gasteiger partial charge in [0.2, 0.25) is 0 Å². The van der Waals surface area contributed by atoms with Crippen LogP contribution in [0.3, 0.4) is 0 Å². The monoisotopic (exact) mass is 172 g/mol. The molecule has 0 fully saturated rings. The molecule has 0 aliphatic carbocycles. The van der Waals surface area contributed by atoms with Crippen molar-refractivity contribution in [3.63, 3.8) is 0 Å². The lowest BCUT2D eigenvalue weighted by molar-refractivity contribution is -0.133. The number of hydrogen-bond donors (Lipinski definition) is 0. The van der Waals surface area contributed by atoms with Crippen LogP contribution < -0.4 is 0 Å². The van der Waals surface area contributed by atoms with Gasteiger partial charge in [0, 0.05) is 0 Å². The van der Waals surface area contributed by atoms with Crippen molar-refractivity contribution in [2.75, 3.05) is 0 Å². The van der Waals surface area contributed by atoms with Gasteiger partial charge in [0.15, 0.2) is 0 Å². The Kier molecular flexibility index (Phi) is 8.19. The van der Waals surface area contributed by atoms with Crippen LogP contribution in [-0.2, 0) is 9.53 Å². The normalized spacial score (nSPS) is 12.5. The number of hydrogen-bond acceptors (Lipinski definition) is 2. The van der Waals surface area contributed by atoms with E-state index in [2.05, 4.69) is 6.92 Å². The molecule has 0 amide bonds. The van der Waals surface area contributed by atoms with E-state index in [-0.39, 0.29) is 6.10 Å². The molecule has 0 bridgehead atoms. The highest BCUT2D eigenvalue weighted by Gasteiger charge is 1.99. The fraction of sp³-hybridized carbons (Fsp3) is 0.900. The molecule has 1 unspecified atom stereocenters. The van der Waals surface area contributed by atoms with E-state index >= 15 is 0 Å². The molecule has 0 saturated heterocycles. The van der Waals surface area contributed by atoms with Crippen LogP contribution in [0.4, 0.5) is 0 Å². The predicted octanol–water partition coefficient (Wildman–Crippen LogP) is 2.91. The van der Waals surface area contributed by atoms with Crippen LogP contribution in [0.25, 0.3) is 0 Å². The first-order valence-electron chi connectivity index (χ1n) is 4.90. The van der Waals surface area contributed by atoms with Gasteiger partial charge in [0.1, 0.15) is 0 Å². The summed E-state index contributed by atoms with van der Waals surface area (Å²) in [5, 5.41) is 0. The van der Waals surface area contributed by atoms with Crippen LogP contribution in [0.1, 0.15) is 52.4 Å². The molecule has 2 heteroatoms. The fourth-order valence-corrected chi connectivity index (χ4v) is 1.20. The summed E-state index contributed by atoms with van der Waals surface area (Å²) in [7, 11) is 0. The minimum atomic E-state index is 0.101. The fourth-order valence-electron chi connectivity index (χ4n) is 1.20. The first-order chi connectivity index (χ1) is 5.81. The molecular weight excluding hydrogens is 152 g/mol. The average Bonchev–Trinajstić information content (AvgIpc) is 2.05. The Morgan fingerprint density at radius 1 is 1.25 bits per heavy atom. The quantitative estimate of drug-likeness (QED) is 0.415. The van der Waals surface area contributed by atoms with E-state index in [9.17, 15) is 4.79 Å². The van der Waals surface area contributed by atoms with Gasteiger partial charge in [-0.05, 0) is 19.8 Å². The van der Waals surface area contributed by atoms with Gasteiger partial charge in [0.05, 0.1) is 6.10 Å². The molecule has 12 heavy (non-hydrogen) atoms. The highest BCUT2D eigenvalue weighted by Crippen LogP contribution is 2.08. The summed E-state index contributed by atoms with van der Waals surface area (Å²) in [5.74, 6) is 0. The molecule has 0 aliphatic rings. The number of ether oxygens (including phenoxy) is 1. The van der Waals surface area contributed by atoms with Crippen molar-refractivity contribution in [3.05, 3.63) is 0 Å². The topological polar surface area (TPSA) is 26.3 Å².